The average Bonchev–Trinajstić information content (AvgIpc) is 3.51. The largest absolute Gasteiger partial charge is 0.462 e. The van der Waals surface area contributed by atoms with Crippen LogP contribution in [0.3, 0.4) is 0 Å². The smallest absolute Gasteiger partial charge is 0.306 e. The van der Waals surface area contributed by atoms with Crippen molar-refractivity contribution in [1.82, 2.24) is 0 Å². The Morgan fingerprint density at radius 1 is 0.286 bits per heavy atom. The fourth-order valence-electron chi connectivity index (χ4n) is 11.4. The van der Waals surface area contributed by atoms with Crippen LogP contribution in [0, 0.1) is 0 Å². The predicted molar refractivity (Wildman–Crippen MR) is 371 cm³/mol. The molecule has 0 bridgehead atoms. The van der Waals surface area contributed by atoms with E-state index in [1.807, 2.05) is 0 Å². The summed E-state index contributed by atoms with van der Waals surface area (Å²) in [5.41, 5.74) is 0. The van der Waals surface area contributed by atoms with E-state index >= 15 is 0 Å². The fraction of sp³-hybridized carbons (Fsp3) is 0.823. The quantitative estimate of drug-likeness (QED) is 0.0373. The van der Waals surface area contributed by atoms with Gasteiger partial charge in [-0.2, -0.15) is 0 Å². The zero-order chi connectivity index (χ0) is 60.5. The lowest BCUT2D eigenvalue weighted by Gasteiger charge is -2.15. The first-order valence-corrected chi connectivity index (χ1v) is 37.5. The SMILES string of the molecule is CC/C=C\C/C=C\C/C=C\C/C=C\CCCCCCCCCCCCCCCCCCCCCCC(=O)OC(CO)COC(=O)CCCCCCCCCCCCCCCCCCCCCCCCCCC/C=C\C/C=C\CCCCCCC. The number of unbranched alkanes of at least 4 members (excludes halogenated alkanes) is 50. The van der Waals surface area contributed by atoms with Crippen molar-refractivity contribution >= 4 is 11.9 Å². The number of carbonyl (C=O) groups is 2. The number of aliphatic hydroxyl groups is 1. The molecule has 0 spiro atoms. The first-order valence-electron chi connectivity index (χ1n) is 37.5. The Bertz CT molecular complexity index is 1470. The maximum Gasteiger partial charge on any atom is 0.306 e. The van der Waals surface area contributed by atoms with Crippen molar-refractivity contribution in [1.29, 1.82) is 0 Å². The Morgan fingerprint density at radius 3 is 0.774 bits per heavy atom. The Balaban J connectivity index is 3.38. The molecule has 0 radical (unpaired) electrons. The second kappa shape index (κ2) is 74.6. The van der Waals surface area contributed by atoms with Gasteiger partial charge >= 0.3 is 11.9 Å². The van der Waals surface area contributed by atoms with Gasteiger partial charge in [0.15, 0.2) is 6.10 Å². The minimum Gasteiger partial charge on any atom is -0.462 e. The summed E-state index contributed by atoms with van der Waals surface area (Å²) < 4.78 is 10.8. The van der Waals surface area contributed by atoms with Crippen molar-refractivity contribution in [3.05, 3.63) is 72.9 Å². The highest BCUT2D eigenvalue weighted by Crippen LogP contribution is 2.19. The molecule has 1 N–H and O–H groups in total. The second-order valence-electron chi connectivity index (χ2n) is 25.3. The van der Waals surface area contributed by atoms with Gasteiger partial charge in [-0.05, 0) is 83.5 Å². The Kier molecular flexibility index (Phi) is 72.2. The number of esters is 2. The number of aliphatic hydroxyl groups excluding tert-OH is 1. The molecule has 0 saturated heterocycles. The minimum atomic E-state index is -0.772. The highest BCUT2D eigenvalue weighted by molar-refractivity contribution is 5.70. The molecule has 1 unspecified atom stereocenters. The molecule has 5 nitrogen and oxygen atoms in total. The summed E-state index contributed by atoms with van der Waals surface area (Å²) in [5.74, 6) is -0.568. The van der Waals surface area contributed by atoms with Crippen LogP contribution >= 0.6 is 0 Å². The van der Waals surface area contributed by atoms with Crippen LogP contribution in [0.1, 0.15) is 399 Å². The number of rotatable bonds is 70. The van der Waals surface area contributed by atoms with Gasteiger partial charge < -0.3 is 14.6 Å². The summed E-state index contributed by atoms with van der Waals surface area (Å²) in [4.78, 5) is 24.7. The van der Waals surface area contributed by atoms with Gasteiger partial charge in [-0.15, -0.1) is 0 Å². The number of allylic oxidation sites excluding steroid dienone is 12. The van der Waals surface area contributed by atoms with Crippen molar-refractivity contribution < 1.29 is 24.2 Å². The van der Waals surface area contributed by atoms with Gasteiger partial charge in [0.05, 0.1) is 6.61 Å². The van der Waals surface area contributed by atoms with E-state index in [-0.39, 0.29) is 25.2 Å². The number of ether oxygens (including phenoxy) is 2. The van der Waals surface area contributed by atoms with Gasteiger partial charge in [-0.1, -0.05) is 376 Å². The van der Waals surface area contributed by atoms with Gasteiger partial charge in [0.1, 0.15) is 6.61 Å². The van der Waals surface area contributed by atoms with E-state index in [1.54, 1.807) is 0 Å². The molecule has 0 aliphatic carbocycles. The first kappa shape index (κ1) is 81.3. The third kappa shape index (κ3) is 71.8. The van der Waals surface area contributed by atoms with Crippen LogP contribution < -0.4 is 0 Å². The van der Waals surface area contributed by atoms with Crippen LogP contribution in [0.15, 0.2) is 72.9 Å². The molecule has 0 saturated carbocycles. The zero-order valence-electron chi connectivity index (χ0n) is 56.4. The lowest BCUT2D eigenvalue weighted by Crippen LogP contribution is -2.28. The fourth-order valence-corrected chi connectivity index (χ4v) is 11.4. The summed E-state index contributed by atoms with van der Waals surface area (Å²) >= 11 is 0. The highest BCUT2D eigenvalue weighted by atomic mass is 16.6. The molecular formula is C79H144O5. The molecule has 0 aliphatic rings. The van der Waals surface area contributed by atoms with E-state index in [0.29, 0.717) is 12.8 Å². The Labute approximate surface area is 524 Å². The Hall–Kier alpha value is -2.66. The van der Waals surface area contributed by atoms with Crippen LogP contribution in [0.25, 0.3) is 0 Å². The molecule has 84 heavy (non-hydrogen) atoms. The third-order valence-electron chi connectivity index (χ3n) is 17.0. The lowest BCUT2D eigenvalue weighted by atomic mass is 10.0. The Morgan fingerprint density at radius 2 is 0.512 bits per heavy atom. The molecule has 5 heteroatoms. The molecule has 0 aromatic carbocycles. The van der Waals surface area contributed by atoms with Crippen molar-refractivity contribution in [2.45, 2.75) is 405 Å². The third-order valence-corrected chi connectivity index (χ3v) is 17.0. The van der Waals surface area contributed by atoms with E-state index in [2.05, 4.69) is 86.8 Å². The zero-order valence-corrected chi connectivity index (χ0v) is 56.4. The van der Waals surface area contributed by atoms with Crippen molar-refractivity contribution in [3.63, 3.8) is 0 Å². The normalized spacial score (nSPS) is 12.6. The van der Waals surface area contributed by atoms with Gasteiger partial charge in [0.25, 0.3) is 0 Å². The standard InChI is InChI=1S/C79H144O5/c1-3-5-7-9-11-13-15-17-19-21-23-25-27-29-31-33-35-37-38-39-40-42-43-45-47-49-51-53-55-57-59-61-63-65-67-69-71-73-78(81)83-76-77(75-80)84-79(82)74-72-70-68-66-64-62-60-58-56-54-52-50-48-46-44-41-36-34-32-30-28-26-24-22-20-18-16-14-12-10-8-6-4-2/h6,8,12,14-15,17-18,20-21,23-24,26,77,80H,3-5,7,9-11,13,16,19,22,25,27-76H2,1-2H3/b8-6-,14-12-,17-15-,20-18-,23-21-,26-24-. The summed E-state index contributed by atoms with van der Waals surface area (Å²) in [5, 5.41) is 9.72. The van der Waals surface area contributed by atoms with Crippen LogP contribution in [0.4, 0.5) is 0 Å². The molecular weight excluding hydrogens is 1030 g/mol. The summed E-state index contributed by atoms with van der Waals surface area (Å²) in [7, 11) is 0. The summed E-state index contributed by atoms with van der Waals surface area (Å²) in [6.45, 7) is 4.07. The molecule has 0 heterocycles. The first-order chi connectivity index (χ1) is 41.6. The topological polar surface area (TPSA) is 72.8 Å². The van der Waals surface area contributed by atoms with Crippen LogP contribution in [0.2, 0.25) is 0 Å². The van der Waals surface area contributed by atoms with Crippen LogP contribution in [-0.2, 0) is 19.1 Å². The number of hydrogen-bond donors (Lipinski definition) is 1. The van der Waals surface area contributed by atoms with E-state index in [0.717, 1.165) is 70.6 Å². The summed E-state index contributed by atoms with van der Waals surface area (Å²) in [6, 6.07) is 0. The molecule has 0 amide bonds. The van der Waals surface area contributed by atoms with Crippen molar-refractivity contribution in [2.75, 3.05) is 13.2 Å². The van der Waals surface area contributed by atoms with Crippen LogP contribution in [0.5, 0.6) is 0 Å². The van der Waals surface area contributed by atoms with Gasteiger partial charge in [-0.3, -0.25) is 9.59 Å². The molecule has 0 aliphatic heterocycles. The maximum atomic E-state index is 12.4. The molecule has 0 aromatic heterocycles. The number of hydrogen-bond acceptors (Lipinski definition) is 5. The van der Waals surface area contributed by atoms with E-state index in [4.69, 9.17) is 9.47 Å². The molecule has 0 rings (SSSR count). The van der Waals surface area contributed by atoms with Gasteiger partial charge in [-0.25, -0.2) is 0 Å². The van der Waals surface area contributed by atoms with Gasteiger partial charge in [0, 0.05) is 12.8 Å². The predicted octanol–water partition coefficient (Wildman–Crippen LogP) is 26.2. The maximum absolute atomic E-state index is 12.4. The second-order valence-corrected chi connectivity index (χ2v) is 25.3. The molecule has 0 fully saturated rings. The molecule has 1 atom stereocenters. The summed E-state index contributed by atoms with van der Waals surface area (Å²) in [6.07, 6.45) is 104. The monoisotopic (exact) mass is 1170 g/mol. The molecule has 490 valence electrons. The average molecular weight is 1170 g/mol. The number of carbonyl (C=O) groups excluding carboxylic acids is 2. The van der Waals surface area contributed by atoms with E-state index in [9.17, 15) is 14.7 Å². The van der Waals surface area contributed by atoms with E-state index in [1.165, 1.54) is 302 Å². The van der Waals surface area contributed by atoms with Crippen molar-refractivity contribution in [2.24, 2.45) is 0 Å². The highest BCUT2D eigenvalue weighted by Gasteiger charge is 2.16. The lowest BCUT2D eigenvalue weighted by molar-refractivity contribution is -0.161. The van der Waals surface area contributed by atoms with Crippen LogP contribution in [-0.4, -0.2) is 36.4 Å². The molecule has 0 aromatic rings. The van der Waals surface area contributed by atoms with Crippen molar-refractivity contribution in [3.8, 4) is 0 Å². The van der Waals surface area contributed by atoms with Gasteiger partial charge in [0.2, 0.25) is 0 Å². The minimum absolute atomic E-state index is 0.0610. The van der Waals surface area contributed by atoms with E-state index < -0.39 is 6.10 Å².